The molecule has 0 spiro atoms. The van der Waals surface area contributed by atoms with Crippen LogP contribution >= 0.6 is 0 Å². The Labute approximate surface area is 83.6 Å². The topological polar surface area (TPSA) is 69.7 Å². The zero-order chi connectivity index (χ0) is 10.7. The van der Waals surface area contributed by atoms with Crippen LogP contribution in [0.4, 0.5) is 5.69 Å². The van der Waals surface area contributed by atoms with Gasteiger partial charge in [-0.1, -0.05) is 0 Å². The molecule has 1 aromatic rings. The van der Waals surface area contributed by atoms with Crippen molar-refractivity contribution in [1.82, 2.24) is 0 Å². The van der Waals surface area contributed by atoms with Gasteiger partial charge in [0.15, 0.2) is 0 Å². The Morgan fingerprint density at radius 3 is 2.57 bits per heavy atom. The standard InChI is InChI=1S/C10H16N2O2/c1-12(2)7-3-4-10(14)8(5-7)9(11)6-13/h3-5,9,13-14H,6,11H2,1-2H3. The van der Waals surface area contributed by atoms with Gasteiger partial charge in [0, 0.05) is 25.3 Å². The van der Waals surface area contributed by atoms with Crippen LogP contribution in [0, 0.1) is 0 Å². The van der Waals surface area contributed by atoms with Gasteiger partial charge in [-0.3, -0.25) is 0 Å². The highest BCUT2D eigenvalue weighted by molar-refractivity contribution is 5.52. The van der Waals surface area contributed by atoms with E-state index in [0.29, 0.717) is 5.56 Å². The number of nitrogens with zero attached hydrogens (tertiary/aromatic N) is 1. The average molecular weight is 196 g/mol. The molecule has 0 aliphatic carbocycles. The molecule has 4 nitrogen and oxygen atoms in total. The zero-order valence-electron chi connectivity index (χ0n) is 8.44. The Morgan fingerprint density at radius 2 is 2.07 bits per heavy atom. The molecule has 0 heterocycles. The summed E-state index contributed by atoms with van der Waals surface area (Å²) < 4.78 is 0. The second-order valence-corrected chi connectivity index (χ2v) is 3.43. The molecule has 0 aromatic heterocycles. The summed E-state index contributed by atoms with van der Waals surface area (Å²) in [6.07, 6.45) is 0. The van der Waals surface area contributed by atoms with Crippen molar-refractivity contribution >= 4 is 5.69 Å². The maximum Gasteiger partial charge on any atom is 0.120 e. The lowest BCUT2D eigenvalue weighted by Gasteiger charge is -2.17. The van der Waals surface area contributed by atoms with Gasteiger partial charge >= 0.3 is 0 Å². The van der Waals surface area contributed by atoms with Gasteiger partial charge in [0.1, 0.15) is 5.75 Å². The predicted octanol–water partition coefficient (Wildman–Crippen LogP) is 0.450. The molecule has 0 aliphatic rings. The Bertz CT molecular complexity index is 313. The number of aliphatic hydroxyl groups excluding tert-OH is 1. The van der Waals surface area contributed by atoms with Crippen molar-refractivity contribution in [3.63, 3.8) is 0 Å². The maximum atomic E-state index is 9.51. The highest BCUT2D eigenvalue weighted by Crippen LogP contribution is 2.26. The van der Waals surface area contributed by atoms with E-state index in [9.17, 15) is 5.11 Å². The molecule has 0 radical (unpaired) electrons. The smallest absolute Gasteiger partial charge is 0.120 e. The molecule has 0 fully saturated rings. The summed E-state index contributed by atoms with van der Waals surface area (Å²) in [5.41, 5.74) is 7.15. The van der Waals surface area contributed by atoms with Gasteiger partial charge in [-0.25, -0.2) is 0 Å². The van der Waals surface area contributed by atoms with Gasteiger partial charge in [0.2, 0.25) is 0 Å². The van der Waals surface area contributed by atoms with E-state index in [2.05, 4.69) is 0 Å². The lowest BCUT2D eigenvalue weighted by atomic mass is 10.1. The van der Waals surface area contributed by atoms with Gasteiger partial charge in [0.25, 0.3) is 0 Å². The number of benzene rings is 1. The number of hydrogen-bond acceptors (Lipinski definition) is 4. The molecule has 0 saturated heterocycles. The summed E-state index contributed by atoms with van der Waals surface area (Å²) in [4.78, 5) is 1.91. The van der Waals surface area contributed by atoms with Crippen LogP contribution in [0.1, 0.15) is 11.6 Å². The number of phenols is 1. The van der Waals surface area contributed by atoms with Crippen LogP contribution in [0.2, 0.25) is 0 Å². The summed E-state index contributed by atoms with van der Waals surface area (Å²) in [6, 6.07) is 4.62. The molecule has 0 amide bonds. The Kier molecular flexibility index (Phi) is 3.33. The molecule has 1 atom stereocenters. The van der Waals surface area contributed by atoms with Crippen molar-refractivity contribution in [2.45, 2.75) is 6.04 Å². The molecule has 1 rings (SSSR count). The molecule has 78 valence electrons. The molecular formula is C10H16N2O2. The molecule has 14 heavy (non-hydrogen) atoms. The first kappa shape index (κ1) is 10.8. The number of nitrogens with two attached hydrogens (primary N) is 1. The first-order chi connectivity index (χ1) is 6.56. The van der Waals surface area contributed by atoms with Gasteiger partial charge < -0.3 is 20.8 Å². The number of aliphatic hydroxyl groups is 1. The van der Waals surface area contributed by atoms with E-state index >= 15 is 0 Å². The third-order valence-corrected chi connectivity index (χ3v) is 2.12. The molecule has 0 aliphatic heterocycles. The largest absolute Gasteiger partial charge is 0.508 e. The van der Waals surface area contributed by atoms with Gasteiger partial charge in [0.05, 0.1) is 12.6 Å². The molecular weight excluding hydrogens is 180 g/mol. The maximum absolute atomic E-state index is 9.51. The van der Waals surface area contributed by atoms with Crippen molar-refractivity contribution in [3.05, 3.63) is 23.8 Å². The first-order valence-corrected chi connectivity index (χ1v) is 4.43. The Balaban J connectivity index is 3.08. The van der Waals surface area contributed by atoms with E-state index in [1.807, 2.05) is 19.0 Å². The number of hydrogen-bond donors (Lipinski definition) is 3. The van der Waals surface area contributed by atoms with E-state index in [-0.39, 0.29) is 12.4 Å². The lowest BCUT2D eigenvalue weighted by Crippen LogP contribution is -2.16. The molecule has 1 unspecified atom stereocenters. The fourth-order valence-electron chi connectivity index (χ4n) is 1.22. The van der Waals surface area contributed by atoms with E-state index in [0.717, 1.165) is 5.69 Å². The first-order valence-electron chi connectivity index (χ1n) is 4.43. The fourth-order valence-corrected chi connectivity index (χ4v) is 1.22. The normalized spacial score (nSPS) is 12.6. The number of anilines is 1. The van der Waals surface area contributed by atoms with Crippen molar-refractivity contribution in [2.75, 3.05) is 25.6 Å². The van der Waals surface area contributed by atoms with E-state index in [1.54, 1.807) is 18.2 Å². The van der Waals surface area contributed by atoms with Crippen molar-refractivity contribution in [3.8, 4) is 5.75 Å². The number of aromatic hydroxyl groups is 1. The molecule has 4 heteroatoms. The summed E-state index contributed by atoms with van der Waals surface area (Å²) in [7, 11) is 3.81. The second-order valence-electron chi connectivity index (χ2n) is 3.43. The van der Waals surface area contributed by atoms with Crippen molar-refractivity contribution in [1.29, 1.82) is 0 Å². The third-order valence-electron chi connectivity index (χ3n) is 2.12. The van der Waals surface area contributed by atoms with Crippen molar-refractivity contribution < 1.29 is 10.2 Å². The number of phenolic OH excluding ortho intramolecular Hbond substituents is 1. The van der Waals surface area contributed by atoms with E-state index in [4.69, 9.17) is 10.8 Å². The minimum Gasteiger partial charge on any atom is -0.508 e. The lowest BCUT2D eigenvalue weighted by molar-refractivity contribution is 0.265. The zero-order valence-corrected chi connectivity index (χ0v) is 8.44. The summed E-state index contributed by atoms with van der Waals surface area (Å²) >= 11 is 0. The molecule has 4 N–H and O–H groups in total. The highest BCUT2D eigenvalue weighted by Gasteiger charge is 2.10. The number of rotatable bonds is 3. The summed E-state index contributed by atoms with van der Waals surface area (Å²) in [5, 5.41) is 18.4. The monoisotopic (exact) mass is 196 g/mol. The quantitative estimate of drug-likeness (QED) is 0.656. The minimum absolute atomic E-state index is 0.122. The SMILES string of the molecule is CN(C)c1ccc(O)c(C(N)CO)c1. The van der Waals surface area contributed by atoms with Crippen LogP contribution in [0.25, 0.3) is 0 Å². The van der Waals surface area contributed by atoms with Crippen LogP contribution in [-0.2, 0) is 0 Å². The third kappa shape index (κ3) is 2.16. The van der Waals surface area contributed by atoms with Crippen LogP contribution in [0.3, 0.4) is 0 Å². The summed E-state index contributed by atoms with van der Waals surface area (Å²) in [5.74, 6) is 0.122. The minimum atomic E-state index is -0.533. The summed E-state index contributed by atoms with van der Waals surface area (Å²) in [6.45, 7) is -0.176. The average Bonchev–Trinajstić information content (AvgIpc) is 2.17. The van der Waals surface area contributed by atoms with Crippen molar-refractivity contribution in [2.24, 2.45) is 5.73 Å². The fraction of sp³-hybridized carbons (Fsp3) is 0.400. The van der Waals surface area contributed by atoms with Gasteiger partial charge in [-0.15, -0.1) is 0 Å². The van der Waals surface area contributed by atoms with E-state index in [1.165, 1.54) is 0 Å². The molecule has 0 saturated carbocycles. The van der Waals surface area contributed by atoms with Crippen LogP contribution < -0.4 is 10.6 Å². The Hall–Kier alpha value is -1.26. The van der Waals surface area contributed by atoms with Crippen LogP contribution in [0.5, 0.6) is 5.75 Å². The van der Waals surface area contributed by atoms with Crippen LogP contribution in [-0.4, -0.2) is 30.9 Å². The molecule has 1 aromatic carbocycles. The van der Waals surface area contributed by atoms with Gasteiger partial charge in [-0.2, -0.15) is 0 Å². The Morgan fingerprint density at radius 1 is 1.43 bits per heavy atom. The van der Waals surface area contributed by atoms with Crippen LogP contribution in [0.15, 0.2) is 18.2 Å². The van der Waals surface area contributed by atoms with E-state index < -0.39 is 6.04 Å². The van der Waals surface area contributed by atoms with Gasteiger partial charge in [-0.05, 0) is 18.2 Å². The second kappa shape index (κ2) is 4.30. The predicted molar refractivity (Wildman–Crippen MR) is 56.4 cm³/mol. The highest BCUT2D eigenvalue weighted by atomic mass is 16.3. The molecule has 0 bridgehead atoms.